The molecule has 0 aliphatic heterocycles. The predicted molar refractivity (Wildman–Crippen MR) is 74.0 cm³/mol. The minimum absolute atomic E-state index is 0.0225. The highest BCUT2D eigenvalue weighted by molar-refractivity contribution is 5.76. The lowest BCUT2D eigenvalue weighted by atomic mass is 10.3. The van der Waals surface area contributed by atoms with Crippen molar-refractivity contribution in [2.75, 3.05) is 26.8 Å². The van der Waals surface area contributed by atoms with Gasteiger partial charge in [0.15, 0.2) is 0 Å². The number of hydrogen-bond acceptors (Lipinski definition) is 4. The van der Waals surface area contributed by atoms with E-state index in [0.29, 0.717) is 13.2 Å². The van der Waals surface area contributed by atoms with Crippen LogP contribution in [0.3, 0.4) is 0 Å². The van der Waals surface area contributed by atoms with Crippen LogP contribution in [0, 0.1) is 0 Å². The SMILES string of the molecule is CCNCCc1cn(CC(=O)NC(C)COC)cn1. The molecule has 1 aromatic rings. The standard InChI is InChI=1S/C13H24N4O2/c1-4-14-6-5-12-7-17(10-15-12)8-13(18)16-11(2)9-19-3/h7,10-11,14H,4-6,8-9H2,1-3H3,(H,16,18). The van der Waals surface area contributed by atoms with Gasteiger partial charge < -0.3 is 19.9 Å². The Labute approximate surface area is 114 Å². The van der Waals surface area contributed by atoms with Gasteiger partial charge in [0.05, 0.1) is 18.6 Å². The third-order valence-corrected chi connectivity index (χ3v) is 2.64. The van der Waals surface area contributed by atoms with Crippen LogP contribution in [0.15, 0.2) is 12.5 Å². The molecule has 2 N–H and O–H groups in total. The van der Waals surface area contributed by atoms with E-state index in [1.807, 2.05) is 13.1 Å². The summed E-state index contributed by atoms with van der Waals surface area (Å²) < 4.78 is 6.77. The second-order valence-electron chi connectivity index (χ2n) is 4.56. The molecule has 1 heterocycles. The Bertz CT molecular complexity index is 378. The molecule has 0 aromatic carbocycles. The van der Waals surface area contributed by atoms with Crippen molar-refractivity contribution in [3.8, 4) is 0 Å². The number of nitrogens with one attached hydrogen (secondary N) is 2. The van der Waals surface area contributed by atoms with E-state index in [9.17, 15) is 4.79 Å². The molecule has 1 unspecified atom stereocenters. The van der Waals surface area contributed by atoms with Gasteiger partial charge in [0, 0.05) is 32.3 Å². The van der Waals surface area contributed by atoms with Crippen LogP contribution in [0.25, 0.3) is 0 Å². The summed E-state index contributed by atoms with van der Waals surface area (Å²) in [7, 11) is 1.62. The number of methoxy groups -OCH3 is 1. The van der Waals surface area contributed by atoms with Crippen LogP contribution in [0.4, 0.5) is 0 Å². The summed E-state index contributed by atoms with van der Waals surface area (Å²) in [4.78, 5) is 16.0. The Hall–Kier alpha value is -1.40. The van der Waals surface area contributed by atoms with Gasteiger partial charge in [-0.15, -0.1) is 0 Å². The number of imidazole rings is 1. The normalized spacial score (nSPS) is 12.4. The number of amides is 1. The molecule has 0 aliphatic rings. The van der Waals surface area contributed by atoms with Gasteiger partial charge in [-0.2, -0.15) is 0 Å². The van der Waals surface area contributed by atoms with Crippen molar-refractivity contribution in [3.63, 3.8) is 0 Å². The quantitative estimate of drug-likeness (QED) is 0.627. The molecule has 0 saturated heterocycles. The van der Waals surface area contributed by atoms with Crippen molar-refractivity contribution in [3.05, 3.63) is 18.2 Å². The van der Waals surface area contributed by atoms with Crippen LogP contribution < -0.4 is 10.6 Å². The lowest BCUT2D eigenvalue weighted by Crippen LogP contribution is -2.37. The van der Waals surface area contributed by atoms with Gasteiger partial charge in [0.2, 0.25) is 5.91 Å². The molecule has 6 nitrogen and oxygen atoms in total. The first kappa shape index (κ1) is 15.7. The summed E-state index contributed by atoms with van der Waals surface area (Å²) in [6.07, 6.45) is 4.49. The number of nitrogens with zero attached hydrogens (tertiary/aromatic N) is 2. The van der Waals surface area contributed by atoms with Gasteiger partial charge in [-0.05, 0) is 13.5 Å². The Morgan fingerprint density at radius 3 is 3.05 bits per heavy atom. The summed E-state index contributed by atoms with van der Waals surface area (Å²) in [6.45, 7) is 6.66. The highest BCUT2D eigenvalue weighted by Crippen LogP contribution is 1.97. The van der Waals surface area contributed by atoms with Crippen LogP contribution in [-0.2, 0) is 22.5 Å². The van der Waals surface area contributed by atoms with Gasteiger partial charge in [0.25, 0.3) is 0 Å². The topological polar surface area (TPSA) is 68.2 Å². The summed E-state index contributed by atoms with van der Waals surface area (Å²) in [5.74, 6) is -0.0276. The number of carbonyl (C=O) groups is 1. The molecule has 1 atom stereocenters. The van der Waals surface area contributed by atoms with E-state index < -0.39 is 0 Å². The van der Waals surface area contributed by atoms with Crippen LogP contribution in [0.2, 0.25) is 0 Å². The second-order valence-corrected chi connectivity index (χ2v) is 4.56. The maximum Gasteiger partial charge on any atom is 0.240 e. The molecule has 6 heteroatoms. The Balaban J connectivity index is 2.34. The van der Waals surface area contributed by atoms with Crippen molar-refractivity contribution >= 4 is 5.91 Å². The number of carbonyl (C=O) groups excluding carboxylic acids is 1. The predicted octanol–water partition coefficient (Wildman–Crippen LogP) is 0.186. The van der Waals surface area contributed by atoms with Gasteiger partial charge in [-0.25, -0.2) is 4.98 Å². The first-order valence-electron chi connectivity index (χ1n) is 6.65. The van der Waals surface area contributed by atoms with Gasteiger partial charge in [0.1, 0.15) is 6.54 Å². The monoisotopic (exact) mass is 268 g/mol. The van der Waals surface area contributed by atoms with E-state index >= 15 is 0 Å². The van der Waals surface area contributed by atoms with Crippen molar-refractivity contribution < 1.29 is 9.53 Å². The Kier molecular flexibility index (Phi) is 7.14. The van der Waals surface area contributed by atoms with Gasteiger partial charge in [-0.1, -0.05) is 6.92 Å². The summed E-state index contributed by atoms with van der Waals surface area (Å²) in [5, 5.41) is 6.11. The fourth-order valence-corrected chi connectivity index (χ4v) is 1.79. The van der Waals surface area contributed by atoms with E-state index in [4.69, 9.17) is 4.74 Å². The van der Waals surface area contributed by atoms with E-state index in [0.717, 1.165) is 25.2 Å². The lowest BCUT2D eigenvalue weighted by Gasteiger charge is -2.12. The second kappa shape index (κ2) is 8.66. The Morgan fingerprint density at radius 2 is 2.37 bits per heavy atom. The van der Waals surface area contributed by atoms with Crippen molar-refractivity contribution in [2.24, 2.45) is 0 Å². The largest absolute Gasteiger partial charge is 0.383 e. The third kappa shape index (κ3) is 6.35. The fraction of sp³-hybridized carbons (Fsp3) is 0.692. The summed E-state index contributed by atoms with van der Waals surface area (Å²) in [5.41, 5.74) is 0.999. The number of hydrogen-bond donors (Lipinski definition) is 2. The molecule has 1 aromatic heterocycles. The maximum atomic E-state index is 11.7. The average Bonchev–Trinajstić information content (AvgIpc) is 2.77. The van der Waals surface area contributed by atoms with Crippen LogP contribution in [-0.4, -0.2) is 48.3 Å². The maximum absolute atomic E-state index is 11.7. The molecule has 0 bridgehead atoms. The lowest BCUT2D eigenvalue weighted by molar-refractivity contribution is -0.122. The van der Waals surface area contributed by atoms with Crippen molar-refractivity contribution in [2.45, 2.75) is 32.9 Å². The molecular weight excluding hydrogens is 244 g/mol. The molecule has 0 aliphatic carbocycles. The first-order valence-corrected chi connectivity index (χ1v) is 6.65. The molecule has 0 fully saturated rings. The molecule has 19 heavy (non-hydrogen) atoms. The number of rotatable bonds is 9. The van der Waals surface area contributed by atoms with E-state index in [2.05, 4.69) is 22.5 Å². The smallest absolute Gasteiger partial charge is 0.240 e. The van der Waals surface area contributed by atoms with Crippen molar-refractivity contribution in [1.82, 2.24) is 20.2 Å². The average molecular weight is 268 g/mol. The van der Waals surface area contributed by atoms with E-state index in [-0.39, 0.29) is 11.9 Å². The molecule has 108 valence electrons. The minimum Gasteiger partial charge on any atom is -0.383 e. The summed E-state index contributed by atoms with van der Waals surface area (Å²) >= 11 is 0. The molecule has 1 rings (SSSR count). The zero-order valence-electron chi connectivity index (χ0n) is 12.0. The van der Waals surface area contributed by atoms with Crippen molar-refractivity contribution in [1.29, 1.82) is 0 Å². The minimum atomic E-state index is -0.0276. The van der Waals surface area contributed by atoms with Crippen LogP contribution >= 0.6 is 0 Å². The molecule has 0 saturated carbocycles. The molecular formula is C13H24N4O2. The molecule has 0 radical (unpaired) electrons. The summed E-state index contributed by atoms with van der Waals surface area (Å²) in [6, 6.07) is 0.0225. The molecule has 1 amide bonds. The highest BCUT2D eigenvalue weighted by atomic mass is 16.5. The van der Waals surface area contributed by atoms with Gasteiger partial charge in [-0.3, -0.25) is 4.79 Å². The zero-order chi connectivity index (χ0) is 14.1. The number of aromatic nitrogens is 2. The Morgan fingerprint density at radius 1 is 1.58 bits per heavy atom. The number of ether oxygens (including phenoxy) is 1. The first-order chi connectivity index (χ1) is 9.15. The highest BCUT2D eigenvalue weighted by Gasteiger charge is 2.08. The molecule has 0 spiro atoms. The van der Waals surface area contributed by atoms with Gasteiger partial charge >= 0.3 is 0 Å². The van der Waals surface area contributed by atoms with Crippen LogP contribution in [0.1, 0.15) is 19.5 Å². The van der Waals surface area contributed by atoms with Crippen LogP contribution in [0.5, 0.6) is 0 Å². The van der Waals surface area contributed by atoms with E-state index in [1.54, 1.807) is 18.0 Å². The zero-order valence-corrected chi connectivity index (χ0v) is 12.0. The third-order valence-electron chi connectivity index (χ3n) is 2.64. The number of likely N-dealkylation sites (N-methyl/N-ethyl adjacent to an activating group) is 1. The fourth-order valence-electron chi connectivity index (χ4n) is 1.79. The van der Waals surface area contributed by atoms with E-state index in [1.165, 1.54) is 0 Å².